The van der Waals surface area contributed by atoms with Crippen molar-refractivity contribution in [3.63, 3.8) is 0 Å². The molecule has 1 unspecified atom stereocenters. The summed E-state index contributed by atoms with van der Waals surface area (Å²) in [7, 11) is 1.70. The number of halogens is 1. The predicted octanol–water partition coefficient (Wildman–Crippen LogP) is 2.08. The van der Waals surface area contributed by atoms with Gasteiger partial charge in [0.2, 0.25) is 0 Å². The van der Waals surface area contributed by atoms with Crippen LogP contribution in [0.3, 0.4) is 0 Å². The Hall–Kier alpha value is -0.680. The third-order valence-electron chi connectivity index (χ3n) is 1.81. The Morgan fingerprint density at radius 2 is 2.43 bits per heavy atom. The highest BCUT2D eigenvalue weighted by molar-refractivity contribution is 9.10. The zero-order valence-electron chi connectivity index (χ0n) is 8.33. The molecule has 1 N–H and O–H groups in total. The lowest BCUT2D eigenvalue weighted by atomic mass is 10.2. The lowest BCUT2D eigenvalue weighted by Crippen LogP contribution is -2.18. The predicted molar refractivity (Wildman–Crippen MR) is 59.3 cm³/mol. The van der Waals surface area contributed by atoms with Crippen molar-refractivity contribution in [1.82, 2.24) is 9.97 Å². The first-order valence-electron chi connectivity index (χ1n) is 4.45. The van der Waals surface area contributed by atoms with Gasteiger partial charge in [-0.3, -0.25) is 0 Å². The second-order valence-electron chi connectivity index (χ2n) is 3.05. The van der Waals surface area contributed by atoms with Gasteiger partial charge in [-0.2, -0.15) is 0 Å². The van der Waals surface area contributed by atoms with E-state index in [1.807, 2.05) is 0 Å². The summed E-state index contributed by atoms with van der Waals surface area (Å²) < 4.78 is 5.87. The molecule has 0 aliphatic carbocycles. The van der Waals surface area contributed by atoms with Crippen LogP contribution >= 0.6 is 15.9 Å². The van der Waals surface area contributed by atoms with Gasteiger partial charge in [-0.25, -0.2) is 9.97 Å². The highest BCUT2D eigenvalue weighted by Crippen LogP contribution is 2.18. The van der Waals surface area contributed by atoms with Crippen LogP contribution in [-0.4, -0.2) is 29.7 Å². The van der Waals surface area contributed by atoms with Crippen molar-refractivity contribution in [3.8, 4) is 0 Å². The third kappa shape index (κ3) is 3.59. The Kier molecular flexibility index (Phi) is 4.82. The van der Waals surface area contributed by atoms with Crippen molar-refractivity contribution >= 4 is 21.7 Å². The number of aromatic nitrogens is 2. The molecule has 0 aromatic carbocycles. The molecule has 0 amide bonds. The summed E-state index contributed by atoms with van der Waals surface area (Å²) in [6.45, 7) is 2.84. The SMILES string of the molecule is COCCC(C)Nc1ncncc1Br. The summed E-state index contributed by atoms with van der Waals surface area (Å²) in [4.78, 5) is 8.01. The van der Waals surface area contributed by atoms with E-state index in [2.05, 4.69) is 38.1 Å². The summed E-state index contributed by atoms with van der Waals surface area (Å²) in [5.74, 6) is 0.823. The van der Waals surface area contributed by atoms with Crippen molar-refractivity contribution in [2.45, 2.75) is 19.4 Å². The fourth-order valence-electron chi connectivity index (χ4n) is 1.02. The van der Waals surface area contributed by atoms with Gasteiger partial charge in [0, 0.05) is 26.0 Å². The lowest BCUT2D eigenvalue weighted by Gasteiger charge is -2.14. The van der Waals surface area contributed by atoms with Crippen LogP contribution in [0.4, 0.5) is 5.82 Å². The molecule has 14 heavy (non-hydrogen) atoms. The fourth-order valence-corrected chi connectivity index (χ4v) is 1.35. The smallest absolute Gasteiger partial charge is 0.143 e. The minimum absolute atomic E-state index is 0.334. The second-order valence-corrected chi connectivity index (χ2v) is 3.90. The number of rotatable bonds is 5. The molecule has 0 radical (unpaired) electrons. The molecule has 78 valence electrons. The summed E-state index contributed by atoms with van der Waals surface area (Å²) in [6.07, 6.45) is 4.20. The number of hydrogen-bond acceptors (Lipinski definition) is 4. The van der Waals surface area contributed by atoms with Crippen molar-refractivity contribution in [3.05, 3.63) is 17.0 Å². The molecular weight excluding hydrogens is 246 g/mol. The van der Waals surface area contributed by atoms with Crippen LogP contribution in [-0.2, 0) is 4.74 Å². The highest BCUT2D eigenvalue weighted by Gasteiger charge is 2.05. The molecule has 4 nitrogen and oxygen atoms in total. The van der Waals surface area contributed by atoms with Crippen LogP contribution < -0.4 is 5.32 Å². The van der Waals surface area contributed by atoms with Gasteiger partial charge in [0.25, 0.3) is 0 Å². The number of ether oxygens (including phenoxy) is 1. The molecule has 1 atom stereocenters. The van der Waals surface area contributed by atoms with Crippen LogP contribution in [0.25, 0.3) is 0 Å². The van der Waals surface area contributed by atoms with Crippen LogP contribution in [0.1, 0.15) is 13.3 Å². The first-order valence-corrected chi connectivity index (χ1v) is 5.24. The summed E-state index contributed by atoms with van der Waals surface area (Å²) in [5, 5.41) is 3.27. The Bertz CT molecular complexity index is 283. The van der Waals surface area contributed by atoms with Gasteiger partial charge in [0.05, 0.1) is 4.47 Å². The zero-order valence-corrected chi connectivity index (χ0v) is 9.91. The fraction of sp³-hybridized carbons (Fsp3) is 0.556. The number of methoxy groups -OCH3 is 1. The minimum Gasteiger partial charge on any atom is -0.385 e. The maximum Gasteiger partial charge on any atom is 0.143 e. The first-order chi connectivity index (χ1) is 6.74. The molecule has 1 aromatic heterocycles. The van der Waals surface area contributed by atoms with Crippen molar-refractivity contribution < 1.29 is 4.74 Å². The largest absolute Gasteiger partial charge is 0.385 e. The quantitative estimate of drug-likeness (QED) is 0.880. The first kappa shape index (κ1) is 11.4. The maximum absolute atomic E-state index is 5.00. The van der Waals surface area contributed by atoms with Gasteiger partial charge in [-0.15, -0.1) is 0 Å². The minimum atomic E-state index is 0.334. The van der Waals surface area contributed by atoms with Gasteiger partial charge in [0.15, 0.2) is 0 Å². The summed E-state index contributed by atoms with van der Waals surface area (Å²) >= 11 is 3.37. The van der Waals surface area contributed by atoms with Gasteiger partial charge in [0.1, 0.15) is 12.1 Å². The molecule has 1 heterocycles. The van der Waals surface area contributed by atoms with Gasteiger partial charge >= 0.3 is 0 Å². The Balaban J connectivity index is 2.47. The van der Waals surface area contributed by atoms with E-state index in [4.69, 9.17) is 4.74 Å². The van der Waals surface area contributed by atoms with Crippen molar-refractivity contribution in [2.24, 2.45) is 0 Å². The van der Waals surface area contributed by atoms with E-state index >= 15 is 0 Å². The third-order valence-corrected chi connectivity index (χ3v) is 2.39. The van der Waals surface area contributed by atoms with Crippen LogP contribution in [0, 0.1) is 0 Å². The van der Waals surface area contributed by atoms with E-state index < -0.39 is 0 Å². The van der Waals surface area contributed by atoms with E-state index in [0.717, 1.165) is 23.3 Å². The Morgan fingerprint density at radius 1 is 1.64 bits per heavy atom. The number of hydrogen-bond donors (Lipinski definition) is 1. The molecule has 0 fully saturated rings. The topological polar surface area (TPSA) is 47.0 Å². The van der Waals surface area contributed by atoms with E-state index in [9.17, 15) is 0 Å². The van der Waals surface area contributed by atoms with Crippen molar-refractivity contribution in [1.29, 1.82) is 0 Å². The summed E-state index contributed by atoms with van der Waals surface area (Å²) in [5.41, 5.74) is 0. The standard InChI is InChI=1S/C9H14BrN3O/c1-7(3-4-14-2)13-9-8(10)5-11-6-12-9/h5-7H,3-4H2,1-2H3,(H,11,12,13). The van der Waals surface area contributed by atoms with E-state index in [1.54, 1.807) is 13.3 Å². The van der Waals surface area contributed by atoms with Gasteiger partial charge in [-0.1, -0.05) is 0 Å². The Labute approximate surface area is 92.2 Å². The molecular formula is C9H14BrN3O. The van der Waals surface area contributed by atoms with Gasteiger partial charge in [-0.05, 0) is 29.3 Å². The molecule has 1 aromatic rings. The molecule has 0 bridgehead atoms. The molecule has 0 saturated heterocycles. The molecule has 5 heteroatoms. The Morgan fingerprint density at radius 3 is 3.07 bits per heavy atom. The average Bonchev–Trinajstić information content (AvgIpc) is 2.18. The number of nitrogens with one attached hydrogen (secondary N) is 1. The molecule has 0 aliphatic rings. The monoisotopic (exact) mass is 259 g/mol. The van der Waals surface area contributed by atoms with Crippen LogP contribution in [0.5, 0.6) is 0 Å². The van der Waals surface area contributed by atoms with E-state index in [0.29, 0.717) is 6.04 Å². The van der Waals surface area contributed by atoms with Crippen molar-refractivity contribution in [2.75, 3.05) is 19.0 Å². The number of anilines is 1. The lowest BCUT2D eigenvalue weighted by molar-refractivity contribution is 0.191. The maximum atomic E-state index is 5.00. The zero-order chi connectivity index (χ0) is 10.4. The van der Waals surface area contributed by atoms with Crippen LogP contribution in [0.2, 0.25) is 0 Å². The van der Waals surface area contributed by atoms with E-state index in [-0.39, 0.29) is 0 Å². The van der Waals surface area contributed by atoms with Gasteiger partial charge < -0.3 is 10.1 Å². The molecule has 0 aliphatic heterocycles. The number of nitrogens with zero attached hydrogens (tertiary/aromatic N) is 2. The molecule has 1 rings (SSSR count). The summed E-state index contributed by atoms with van der Waals surface area (Å²) in [6, 6.07) is 0.334. The highest BCUT2D eigenvalue weighted by atomic mass is 79.9. The molecule has 0 saturated carbocycles. The molecule has 0 spiro atoms. The average molecular weight is 260 g/mol. The normalized spacial score (nSPS) is 12.5. The van der Waals surface area contributed by atoms with Crippen LogP contribution in [0.15, 0.2) is 17.0 Å². The van der Waals surface area contributed by atoms with E-state index in [1.165, 1.54) is 6.33 Å². The second kappa shape index (κ2) is 5.93.